The third kappa shape index (κ3) is 3.37. The van der Waals surface area contributed by atoms with Gasteiger partial charge < -0.3 is 19.8 Å². The molecule has 6 heteroatoms. The first-order valence-corrected chi connectivity index (χ1v) is 8.17. The molecule has 1 aliphatic heterocycles. The number of halogens is 1. The Morgan fingerprint density at radius 2 is 2.39 bits per heavy atom. The van der Waals surface area contributed by atoms with Crippen LogP contribution in [0.4, 0.5) is 0 Å². The van der Waals surface area contributed by atoms with Crippen molar-refractivity contribution in [1.82, 2.24) is 10.3 Å². The van der Waals surface area contributed by atoms with Crippen LogP contribution in [0.5, 0.6) is 0 Å². The molecule has 2 unspecified atom stereocenters. The molecule has 1 saturated heterocycles. The molecule has 1 aliphatic rings. The van der Waals surface area contributed by atoms with Gasteiger partial charge in [-0.05, 0) is 37.5 Å². The van der Waals surface area contributed by atoms with Crippen LogP contribution in [-0.2, 0) is 9.47 Å². The van der Waals surface area contributed by atoms with Crippen LogP contribution in [0, 0.1) is 6.92 Å². The van der Waals surface area contributed by atoms with E-state index in [4.69, 9.17) is 21.1 Å². The summed E-state index contributed by atoms with van der Waals surface area (Å²) in [5, 5.41) is 4.68. The van der Waals surface area contributed by atoms with E-state index in [1.54, 1.807) is 7.11 Å². The van der Waals surface area contributed by atoms with E-state index in [0.717, 1.165) is 35.9 Å². The minimum Gasteiger partial charge on any atom is -0.382 e. The van der Waals surface area contributed by atoms with Gasteiger partial charge in [0.05, 0.1) is 18.8 Å². The highest BCUT2D eigenvalue weighted by molar-refractivity contribution is 6.31. The zero-order chi connectivity index (χ0) is 16.4. The van der Waals surface area contributed by atoms with E-state index in [1.807, 2.05) is 25.1 Å². The lowest BCUT2D eigenvalue weighted by atomic mass is 10.1. The molecule has 1 aromatic heterocycles. The van der Waals surface area contributed by atoms with Crippen LogP contribution in [-0.4, -0.2) is 43.4 Å². The molecule has 0 radical (unpaired) electrons. The number of carbonyl (C=O) groups is 1. The second kappa shape index (κ2) is 6.91. The van der Waals surface area contributed by atoms with Gasteiger partial charge in [-0.1, -0.05) is 17.7 Å². The number of benzene rings is 1. The van der Waals surface area contributed by atoms with E-state index in [1.165, 1.54) is 0 Å². The van der Waals surface area contributed by atoms with Crippen LogP contribution in [0.2, 0.25) is 5.02 Å². The van der Waals surface area contributed by atoms with Gasteiger partial charge in [0.15, 0.2) is 0 Å². The fourth-order valence-electron chi connectivity index (χ4n) is 3.12. The number of aromatic nitrogens is 1. The molecule has 1 amide bonds. The van der Waals surface area contributed by atoms with Crippen molar-refractivity contribution in [1.29, 1.82) is 0 Å². The monoisotopic (exact) mass is 336 g/mol. The molecule has 0 aliphatic carbocycles. The number of ether oxygens (including phenoxy) is 2. The van der Waals surface area contributed by atoms with Crippen molar-refractivity contribution < 1.29 is 14.3 Å². The van der Waals surface area contributed by atoms with Gasteiger partial charge in [0.2, 0.25) is 0 Å². The van der Waals surface area contributed by atoms with Crippen molar-refractivity contribution in [3.8, 4) is 0 Å². The minimum atomic E-state index is -0.149. The van der Waals surface area contributed by atoms with Gasteiger partial charge in [-0.25, -0.2) is 0 Å². The maximum Gasteiger partial charge on any atom is 0.268 e. The summed E-state index contributed by atoms with van der Waals surface area (Å²) in [4.78, 5) is 15.8. The third-order valence-electron chi connectivity index (χ3n) is 4.32. The van der Waals surface area contributed by atoms with E-state index in [-0.39, 0.29) is 18.1 Å². The Hall–Kier alpha value is -1.56. The predicted octanol–water partition coefficient (Wildman–Crippen LogP) is 3.05. The quantitative estimate of drug-likeness (QED) is 0.882. The summed E-state index contributed by atoms with van der Waals surface area (Å²) < 4.78 is 10.9. The minimum absolute atomic E-state index is 0.0121. The summed E-state index contributed by atoms with van der Waals surface area (Å²) in [6.07, 6.45) is 1.97. The second-order valence-electron chi connectivity index (χ2n) is 5.90. The van der Waals surface area contributed by atoms with Crippen molar-refractivity contribution in [3.63, 3.8) is 0 Å². The first kappa shape index (κ1) is 16.3. The number of methoxy groups -OCH3 is 1. The van der Waals surface area contributed by atoms with Crippen molar-refractivity contribution >= 4 is 28.4 Å². The first-order chi connectivity index (χ1) is 11.1. The normalized spacial score (nSPS) is 19.2. The van der Waals surface area contributed by atoms with Crippen molar-refractivity contribution in [2.75, 3.05) is 20.3 Å². The molecular formula is C17H21ClN2O3. The molecule has 2 N–H and O–H groups in total. The van der Waals surface area contributed by atoms with E-state index in [2.05, 4.69) is 10.3 Å². The van der Waals surface area contributed by atoms with Crippen molar-refractivity contribution in [3.05, 3.63) is 34.5 Å². The number of fused-ring (bicyclic) bond motifs is 1. The van der Waals surface area contributed by atoms with Crippen LogP contribution >= 0.6 is 11.6 Å². The lowest BCUT2D eigenvalue weighted by molar-refractivity contribution is 0.0402. The molecule has 0 bridgehead atoms. The summed E-state index contributed by atoms with van der Waals surface area (Å²) in [6, 6.07) is 5.43. The highest BCUT2D eigenvalue weighted by Gasteiger charge is 2.28. The molecule has 124 valence electrons. The van der Waals surface area contributed by atoms with E-state index in [0.29, 0.717) is 17.3 Å². The summed E-state index contributed by atoms with van der Waals surface area (Å²) in [7, 11) is 1.63. The molecule has 0 saturated carbocycles. The maximum atomic E-state index is 12.7. The molecule has 23 heavy (non-hydrogen) atoms. The fourth-order valence-corrected chi connectivity index (χ4v) is 3.29. The number of hydrogen-bond acceptors (Lipinski definition) is 3. The molecule has 1 fully saturated rings. The Morgan fingerprint density at radius 3 is 3.09 bits per heavy atom. The second-order valence-corrected chi connectivity index (χ2v) is 6.34. The Labute approximate surface area is 140 Å². The van der Waals surface area contributed by atoms with Crippen LogP contribution in [0.25, 0.3) is 10.9 Å². The van der Waals surface area contributed by atoms with Gasteiger partial charge >= 0.3 is 0 Å². The summed E-state index contributed by atoms with van der Waals surface area (Å²) in [6.45, 7) is 3.10. The average molecular weight is 337 g/mol. The lowest BCUT2D eigenvalue weighted by Gasteiger charge is -2.23. The molecule has 0 spiro atoms. The highest BCUT2D eigenvalue weighted by atomic mass is 35.5. The highest BCUT2D eigenvalue weighted by Crippen LogP contribution is 2.25. The zero-order valence-corrected chi connectivity index (χ0v) is 14.1. The standard InChI is InChI=1S/C17H21ClN2O3/c1-10-12-6-5-11(18)8-13(12)19-16(10)17(21)20-14(9-22-2)15-4-3-7-23-15/h5-6,8,14-15,19H,3-4,7,9H2,1-2H3,(H,20,21). The van der Waals surface area contributed by atoms with Crippen LogP contribution in [0.1, 0.15) is 28.9 Å². The SMILES string of the molecule is COCC(NC(=O)c1[nH]c2cc(Cl)ccc2c1C)C1CCCO1. The lowest BCUT2D eigenvalue weighted by Crippen LogP contribution is -2.46. The summed E-state index contributed by atoms with van der Waals surface area (Å²) in [5.74, 6) is -0.146. The van der Waals surface area contributed by atoms with E-state index < -0.39 is 0 Å². The van der Waals surface area contributed by atoms with Gasteiger partial charge in [-0.2, -0.15) is 0 Å². The van der Waals surface area contributed by atoms with Crippen LogP contribution < -0.4 is 5.32 Å². The Balaban J connectivity index is 1.82. The molecule has 2 atom stereocenters. The van der Waals surface area contributed by atoms with E-state index in [9.17, 15) is 4.79 Å². The smallest absolute Gasteiger partial charge is 0.268 e. The number of nitrogens with one attached hydrogen (secondary N) is 2. The number of aromatic amines is 1. The zero-order valence-electron chi connectivity index (χ0n) is 13.3. The molecule has 5 nitrogen and oxygen atoms in total. The fraction of sp³-hybridized carbons (Fsp3) is 0.471. The Bertz CT molecular complexity index is 707. The van der Waals surface area contributed by atoms with Crippen molar-refractivity contribution in [2.45, 2.75) is 31.9 Å². The van der Waals surface area contributed by atoms with Gasteiger partial charge in [-0.15, -0.1) is 0 Å². The van der Waals surface area contributed by atoms with Crippen molar-refractivity contribution in [2.24, 2.45) is 0 Å². The molecule has 3 rings (SSSR count). The predicted molar refractivity (Wildman–Crippen MR) is 90.1 cm³/mol. The Kier molecular flexibility index (Phi) is 4.90. The molecule has 2 aromatic rings. The van der Waals surface area contributed by atoms with Gasteiger partial charge in [0, 0.05) is 29.6 Å². The van der Waals surface area contributed by atoms with Crippen LogP contribution in [0.15, 0.2) is 18.2 Å². The summed E-state index contributed by atoms with van der Waals surface area (Å²) >= 11 is 6.02. The number of hydrogen-bond donors (Lipinski definition) is 2. The van der Waals surface area contributed by atoms with E-state index >= 15 is 0 Å². The molecule has 2 heterocycles. The molecule has 1 aromatic carbocycles. The number of rotatable bonds is 5. The Morgan fingerprint density at radius 1 is 1.57 bits per heavy atom. The number of amides is 1. The van der Waals surface area contributed by atoms with Gasteiger partial charge in [-0.3, -0.25) is 4.79 Å². The van der Waals surface area contributed by atoms with Gasteiger partial charge in [0.25, 0.3) is 5.91 Å². The third-order valence-corrected chi connectivity index (χ3v) is 4.56. The largest absolute Gasteiger partial charge is 0.382 e. The number of carbonyl (C=O) groups excluding carboxylic acids is 1. The topological polar surface area (TPSA) is 63.3 Å². The summed E-state index contributed by atoms with van der Waals surface area (Å²) in [5.41, 5.74) is 2.33. The van der Waals surface area contributed by atoms with Crippen LogP contribution in [0.3, 0.4) is 0 Å². The van der Waals surface area contributed by atoms with Gasteiger partial charge in [0.1, 0.15) is 5.69 Å². The molecular weight excluding hydrogens is 316 g/mol. The first-order valence-electron chi connectivity index (χ1n) is 7.79. The number of aryl methyl sites for hydroxylation is 1. The number of H-pyrrole nitrogens is 1. The average Bonchev–Trinajstić information content (AvgIpc) is 3.15. The maximum absolute atomic E-state index is 12.7.